The van der Waals surface area contributed by atoms with Gasteiger partial charge in [-0.05, 0) is 74.4 Å². The molecule has 3 aromatic rings. The summed E-state index contributed by atoms with van der Waals surface area (Å²) < 4.78 is 5.88. The monoisotopic (exact) mass is 894 g/mol. The Hall–Kier alpha value is -6.85. The van der Waals surface area contributed by atoms with E-state index in [1.54, 1.807) is 44.3 Å². The Balaban J connectivity index is 1.40. The zero-order valence-electron chi connectivity index (χ0n) is 37.4. The number of aromatic nitrogens is 1. The van der Waals surface area contributed by atoms with Gasteiger partial charge in [0, 0.05) is 71.4 Å². The Bertz CT molecular complexity index is 2260. The maximum absolute atomic E-state index is 14.8. The first-order valence-corrected chi connectivity index (χ1v) is 22.0. The van der Waals surface area contributed by atoms with E-state index in [9.17, 15) is 43.5 Å². The van der Waals surface area contributed by atoms with Gasteiger partial charge in [0.05, 0.1) is 0 Å². The van der Waals surface area contributed by atoms with Crippen molar-refractivity contribution in [1.29, 1.82) is 0 Å². The van der Waals surface area contributed by atoms with Gasteiger partial charge in [-0.1, -0.05) is 49.4 Å². The number of rotatable bonds is 7. The van der Waals surface area contributed by atoms with Crippen LogP contribution in [0.2, 0.25) is 0 Å². The number of likely N-dealkylation sites (N-methyl/N-ethyl adjacent to an activating group) is 1. The molecule has 6 rings (SSSR count). The number of ketones is 1. The number of hydrogen-bond donors (Lipinski definition) is 4. The van der Waals surface area contributed by atoms with Crippen LogP contribution < -0.4 is 20.9 Å². The highest BCUT2D eigenvalue weighted by atomic mass is 16.5. The standard InChI is InChI=1S/C47H58N8O10/c1-6-34-45(62)54-23-11-14-35(54)46(63)53(5)24-20-31(26-29-16-18-32(19-17-29)52(3)4)44(61)55-25-21-33(56)27-36(55)41(58)51-39(30-12-8-7-9-13-30)47(64)65-28(2)38(42(59)49-34)50-43(60)40-37(57)15-10-22-48-40/h7-10,12-13,15-19,22,28,31,34-36,38-39,57H,6,11,14,20-21,23-27H2,1-5H3,(H,49,59)(H,50,60)(H,51,58)/t28-,31-,34-,35+,36+,38-,39-/m1/s1. The molecule has 18 nitrogen and oxygen atoms in total. The molecule has 3 aliphatic rings. The van der Waals surface area contributed by atoms with Crippen LogP contribution in [0.25, 0.3) is 0 Å². The summed E-state index contributed by atoms with van der Waals surface area (Å²) in [6.45, 7) is 3.31. The number of esters is 1. The number of Topliss-reactive ketones (excluding diaryl/α,β-unsaturated/α-hetero) is 1. The van der Waals surface area contributed by atoms with Gasteiger partial charge in [-0.2, -0.15) is 0 Å². The van der Waals surface area contributed by atoms with Crippen molar-refractivity contribution in [2.75, 3.05) is 45.7 Å². The maximum atomic E-state index is 14.8. The van der Waals surface area contributed by atoms with Crippen LogP contribution >= 0.6 is 0 Å². The number of anilines is 1. The number of amides is 6. The topological polar surface area (TPSA) is 228 Å². The number of nitrogens with zero attached hydrogens (tertiary/aromatic N) is 5. The first-order valence-electron chi connectivity index (χ1n) is 22.0. The Morgan fingerprint density at radius 2 is 1.55 bits per heavy atom. The fourth-order valence-corrected chi connectivity index (χ4v) is 8.55. The van der Waals surface area contributed by atoms with Gasteiger partial charge in [-0.15, -0.1) is 0 Å². The third-order valence-electron chi connectivity index (χ3n) is 12.3. The van der Waals surface area contributed by atoms with Crippen molar-refractivity contribution in [3.05, 3.63) is 89.7 Å². The van der Waals surface area contributed by atoms with Crippen LogP contribution in [0.5, 0.6) is 5.75 Å². The molecule has 18 heteroatoms. The van der Waals surface area contributed by atoms with Crippen LogP contribution in [-0.2, 0) is 44.7 Å². The van der Waals surface area contributed by atoms with E-state index in [0.29, 0.717) is 12.8 Å². The lowest BCUT2D eigenvalue weighted by molar-refractivity contribution is -0.156. The Kier molecular flexibility index (Phi) is 15.5. The summed E-state index contributed by atoms with van der Waals surface area (Å²) in [6.07, 6.45) is 0.897. The molecular formula is C47H58N8O10. The van der Waals surface area contributed by atoms with Crippen LogP contribution in [-0.4, -0.2) is 143 Å². The van der Waals surface area contributed by atoms with Gasteiger partial charge in [0.2, 0.25) is 29.5 Å². The molecule has 65 heavy (non-hydrogen) atoms. The quantitative estimate of drug-likeness (QED) is 0.250. The first kappa shape index (κ1) is 47.6. The third kappa shape index (κ3) is 11.3. The molecule has 2 aromatic carbocycles. The number of carbonyl (C=O) groups excluding carboxylic acids is 8. The largest absolute Gasteiger partial charge is 0.505 e. The minimum absolute atomic E-state index is 0.00950. The van der Waals surface area contributed by atoms with Crippen molar-refractivity contribution in [2.45, 2.75) is 95.1 Å². The fourth-order valence-electron chi connectivity index (χ4n) is 8.55. The molecule has 7 atom stereocenters. The van der Waals surface area contributed by atoms with E-state index in [1.165, 1.54) is 40.0 Å². The van der Waals surface area contributed by atoms with Crippen molar-refractivity contribution in [1.82, 2.24) is 35.6 Å². The molecule has 3 saturated heterocycles. The van der Waals surface area contributed by atoms with E-state index in [4.69, 9.17) is 4.74 Å². The van der Waals surface area contributed by atoms with Crippen LogP contribution in [0.3, 0.4) is 0 Å². The zero-order valence-corrected chi connectivity index (χ0v) is 37.4. The lowest BCUT2D eigenvalue weighted by atomic mass is 9.91. The normalized spacial score (nSPS) is 25.4. The summed E-state index contributed by atoms with van der Waals surface area (Å²) in [6, 6.07) is 11.9. The van der Waals surface area contributed by atoms with Crippen molar-refractivity contribution in [3.63, 3.8) is 0 Å². The predicted molar refractivity (Wildman–Crippen MR) is 237 cm³/mol. The number of ether oxygens (including phenoxy) is 1. The molecule has 0 aliphatic carbocycles. The molecule has 0 saturated carbocycles. The molecule has 0 spiro atoms. The smallest absolute Gasteiger partial charge is 0.333 e. The number of pyridine rings is 1. The highest BCUT2D eigenvalue weighted by Crippen LogP contribution is 2.27. The second-order valence-corrected chi connectivity index (χ2v) is 17.0. The molecule has 0 radical (unpaired) electrons. The number of hydrogen-bond acceptors (Lipinski definition) is 12. The first-order chi connectivity index (χ1) is 31.1. The summed E-state index contributed by atoms with van der Waals surface area (Å²) in [5.41, 5.74) is 1.65. The number of nitrogens with one attached hydrogen (secondary N) is 3. The van der Waals surface area contributed by atoms with Crippen molar-refractivity contribution >= 4 is 52.9 Å². The average molecular weight is 895 g/mol. The minimum Gasteiger partial charge on any atom is -0.505 e. The summed E-state index contributed by atoms with van der Waals surface area (Å²) in [7, 11) is 5.44. The van der Waals surface area contributed by atoms with Crippen LogP contribution in [0, 0.1) is 5.92 Å². The molecule has 3 fully saturated rings. The van der Waals surface area contributed by atoms with Gasteiger partial charge in [-0.3, -0.25) is 33.6 Å². The Morgan fingerprint density at radius 1 is 0.846 bits per heavy atom. The van der Waals surface area contributed by atoms with E-state index in [2.05, 4.69) is 20.9 Å². The van der Waals surface area contributed by atoms with Gasteiger partial charge in [0.1, 0.15) is 41.8 Å². The lowest BCUT2D eigenvalue weighted by Crippen LogP contribution is -2.59. The van der Waals surface area contributed by atoms with Crippen LogP contribution in [0.1, 0.15) is 80.0 Å². The molecule has 346 valence electrons. The second kappa shape index (κ2) is 21.2. The van der Waals surface area contributed by atoms with E-state index in [1.807, 2.05) is 43.3 Å². The number of piperidine rings is 1. The van der Waals surface area contributed by atoms with Gasteiger partial charge in [0.15, 0.2) is 11.7 Å². The summed E-state index contributed by atoms with van der Waals surface area (Å²) in [4.78, 5) is 123. The Morgan fingerprint density at radius 3 is 2.23 bits per heavy atom. The summed E-state index contributed by atoms with van der Waals surface area (Å²) in [5.74, 6) is -6.51. The van der Waals surface area contributed by atoms with E-state index < -0.39 is 89.2 Å². The number of fused-ring (bicyclic) bond motifs is 2. The molecule has 6 amide bonds. The number of cyclic esters (lactones) is 1. The molecule has 4 N–H and O–H groups in total. The van der Waals surface area contributed by atoms with Crippen LogP contribution in [0.15, 0.2) is 72.9 Å². The van der Waals surface area contributed by atoms with Gasteiger partial charge < -0.3 is 45.4 Å². The maximum Gasteiger partial charge on any atom is 0.333 e. The van der Waals surface area contributed by atoms with Gasteiger partial charge in [-0.25, -0.2) is 9.78 Å². The van der Waals surface area contributed by atoms with Gasteiger partial charge in [0.25, 0.3) is 5.91 Å². The average Bonchev–Trinajstić information content (AvgIpc) is 3.80. The van der Waals surface area contributed by atoms with Crippen molar-refractivity contribution in [2.24, 2.45) is 5.92 Å². The second-order valence-electron chi connectivity index (χ2n) is 17.0. The van der Waals surface area contributed by atoms with Crippen molar-refractivity contribution < 1.29 is 48.2 Å². The number of aromatic hydroxyl groups is 1. The lowest BCUT2D eigenvalue weighted by Gasteiger charge is -2.37. The van der Waals surface area contributed by atoms with Gasteiger partial charge >= 0.3 is 5.97 Å². The molecule has 4 heterocycles. The predicted octanol–water partition coefficient (Wildman–Crippen LogP) is 1.91. The minimum atomic E-state index is -1.68. The molecule has 1 aromatic heterocycles. The highest BCUT2D eigenvalue weighted by Gasteiger charge is 2.43. The number of benzene rings is 2. The molecule has 3 aliphatic heterocycles. The molecule has 0 unspecified atom stereocenters. The molecular weight excluding hydrogens is 837 g/mol. The van der Waals surface area contributed by atoms with E-state index in [0.717, 1.165) is 11.3 Å². The van der Waals surface area contributed by atoms with E-state index in [-0.39, 0.29) is 69.0 Å². The number of carbonyl (C=O) groups is 8. The van der Waals surface area contributed by atoms with Crippen molar-refractivity contribution in [3.8, 4) is 5.75 Å². The highest BCUT2D eigenvalue weighted by molar-refractivity contribution is 6.00. The molecule has 0 bridgehead atoms. The fraction of sp³-hybridized carbons (Fsp3) is 0.468. The van der Waals surface area contributed by atoms with E-state index >= 15 is 0 Å². The Labute approximate surface area is 378 Å². The third-order valence-corrected chi connectivity index (χ3v) is 12.3. The zero-order chi connectivity index (χ0) is 46.9. The SMILES string of the molecule is CC[C@H]1NC(=O)[C@H](NC(=O)c2ncccc2O)[C@@H](C)OC(=O)[C@@H](c2ccccc2)NC(=O)[C@@H]2CC(=O)CCN2C(=O)[C@@H](Cc2ccc(N(C)C)cc2)CCN(C)C(=O)[C@@H]2CCCN2C1=O. The van der Waals surface area contributed by atoms with Crippen LogP contribution in [0.4, 0.5) is 5.69 Å². The summed E-state index contributed by atoms with van der Waals surface area (Å²) >= 11 is 0. The summed E-state index contributed by atoms with van der Waals surface area (Å²) in [5, 5.41) is 18.3.